The number of methoxy groups -OCH3 is 2. The van der Waals surface area contributed by atoms with E-state index >= 15 is 0 Å². The van der Waals surface area contributed by atoms with Crippen LogP contribution in [0.25, 0.3) is 44.1 Å². The van der Waals surface area contributed by atoms with Gasteiger partial charge in [0, 0.05) is 18.2 Å². The Morgan fingerprint density at radius 3 is 1.43 bits per heavy atom. The van der Waals surface area contributed by atoms with Crippen LogP contribution < -0.4 is 36.6 Å². The minimum atomic E-state index is -1.49. The number of fused-ring (bicyclic) bond motifs is 2. The van der Waals surface area contributed by atoms with E-state index in [9.17, 15) is 0 Å². The van der Waals surface area contributed by atoms with Crippen LogP contribution in [0.4, 0.5) is 0 Å². The molecule has 2 unspecified atom stereocenters. The summed E-state index contributed by atoms with van der Waals surface area (Å²) in [4.78, 5) is 0. The van der Waals surface area contributed by atoms with E-state index in [1.165, 1.54) is 109 Å². The Bertz CT molecular complexity index is 3380. The molecule has 0 aliphatic heterocycles. The minimum Gasteiger partial charge on any atom is -0.675 e. The quantitative estimate of drug-likeness (QED) is 0.0500. The molecule has 10 rings (SSSR count). The molecule has 2 atom stereocenters. The van der Waals surface area contributed by atoms with Gasteiger partial charge in [0.15, 0.2) is 0 Å². The molecular formula is C71H73ClN2O2P2Ru. The molecule has 9 aromatic carbocycles. The second kappa shape index (κ2) is 26.1. The summed E-state index contributed by atoms with van der Waals surface area (Å²) in [7, 11) is 0.788. The zero-order valence-electron chi connectivity index (χ0n) is 47.6. The van der Waals surface area contributed by atoms with Gasteiger partial charge in [0.05, 0.1) is 15.0 Å². The summed E-state index contributed by atoms with van der Waals surface area (Å²) in [5, 5.41) is 13.7. The van der Waals surface area contributed by atoms with Crippen molar-refractivity contribution in [2.75, 3.05) is 14.2 Å². The van der Waals surface area contributed by atoms with Gasteiger partial charge < -0.3 is 20.9 Å². The summed E-state index contributed by atoms with van der Waals surface area (Å²) in [6, 6.07) is 63.5. The smallest absolute Gasteiger partial charge is 0.675 e. The van der Waals surface area contributed by atoms with Gasteiger partial charge in [0.25, 0.3) is 0 Å². The fourth-order valence-corrected chi connectivity index (χ4v) is 17.5. The van der Waals surface area contributed by atoms with Crippen LogP contribution in [0.3, 0.4) is 0 Å². The molecule has 1 aliphatic rings. The van der Waals surface area contributed by atoms with E-state index in [0.717, 1.165) is 11.3 Å². The molecule has 4 nitrogen and oxygen atoms in total. The molecule has 1 aliphatic carbocycles. The molecule has 0 heterocycles. The van der Waals surface area contributed by atoms with E-state index < -0.39 is 27.4 Å². The van der Waals surface area contributed by atoms with Crippen LogP contribution in [0, 0.1) is 67.4 Å². The Balaban J connectivity index is 0.000000305. The van der Waals surface area contributed by atoms with E-state index in [0.29, 0.717) is 11.7 Å². The van der Waals surface area contributed by atoms with E-state index in [-0.39, 0.29) is 37.8 Å². The maximum atomic E-state index is 9.09. The number of rotatable bonds is 13. The normalized spacial score (nSPS) is 13.2. The first-order chi connectivity index (χ1) is 36.9. The average molecular weight is 1180 g/mol. The summed E-state index contributed by atoms with van der Waals surface area (Å²) >= 11 is 0. The van der Waals surface area contributed by atoms with Gasteiger partial charge in [0.1, 0.15) is 21.7 Å². The molecule has 0 bridgehead atoms. The molecule has 79 heavy (non-hydrogen) atoms. The first kappa shape index (κ1) is 60.7. The predicted molar refractivity (Wildman–Crippen MR) is 344 cm³/mol. The number of hydrogen-bond acceptors (Lipinski definition) is 2. The molecule has 404 valence electrons. The number of nitrogens with one attached hydrogen (secondary N) is 2. The van der Waals surface area contributed by atoms with Crippen molar-refractivity contribution in [3.8, 4) is 16.9 Å². The van der Waals surface area contributed by atoms with Gasteiger partial charge in [-0.3, -0.25) is 5.73 Å². The summed E-state index contributed by atoms with van der Waals surface area (Å²) < 4.78 is 10.4. The summed E-state index contributed by atoms with van der Waals surface area (Å²) in [5.74, 6) is 0.769. The van der Waals surface area contributed by atoms with Crippen molar-refractivity contribution in [3.05, 3.63) is 267 Å². The van der Waals surface area contributed by atoms with Crippen LogP contribution in [0.15, 0.2) is 199 Å². The van der Waals surface area contributed by atoms with Crippen molar-refractivity contribution >= 4 is 81.6 Å². The van der Waals surface area contributed by atoms with Crippen LogP contribution in [-0.2, 0) is 29.8 Å². The molecule has 0 saturated heterocycles. The minimum absolute atomic E-state index is 0. The monoisotopic (exact) mass is 1180 g/mol. The second-order valence-corrected chi connectivity index (χ2v) is 26.1. The van der Waals surface area contributed by atoms with Crippen molar-refractivity contribution in [2.45, 2.75) is 80.8 Å². The molecule has 0 fully saturated rings. The maximum Gasteiger partial charge on any atom is 2.00 e. The third-order valence-corrected chi connectivity index (χ3v) is 19.8. The number of ether oxygens (including phenoxy) is 2. The first-order valence-electron chi connectivity index (χ1n) is 26.7. The molecule has 0 amide bonds. The van der Waals surface area contributed by atoms with Crippen molar-refractivity contribution in [1.29, 1.82) is 0 Å². The van der Waals surface area contributed by atoms with Crippen LogP contribution >= 0.6 is 28.3 Å². The first-order valence-corrected chi connectivity index (χ1v) is 29.5. The van der Waals surface area contributed by atoms with Crippen molar-refractivity contribution < 1.29 is 29.0 Å². The van der Waals surface area contributed by atoms with E-state index in [2.05, 4.69) is 207 Å². The topological polar surface area (TPSA) is 66.1 Å². The Morgan fingerprint density at radius 2 is 1.00 bits per heavy atom. The molecule has 0 radical (unpaired) electrons. The fraction of sp³-hybridized carbons (Fsp3) is 0.211. The van der Waals surface area contributed by atoms with Crippen LogP contribution in [-0.4, -0.2) is 20.3 Å². The second-order valence-electron chi connectivity index (χ2n) is 21.4. The van der Waals surface area contributed by atoms with E-state index in [4.69, 9.17) is 20.9 Å². The third kappa shape index (κ3) is 13.2. The Kier molecular flexibility index (Phi) is 20.1. The zero-order valence-corrected chi connectivity index (χ0v) is 52.0. The molecule has 9 aromatic rings. The predicted octanol–water partition coefficient (Wildman–Crippen LogP) is 16.6. The Morgan fingerprint density at radius 1 is 0.557 bits per heavy atom. The third-order valence-electron chi connectivity index (χ3n) is 14.7. The van der Waals surface area contributed by atoms with E-state index in [1.807, 2.05) is 50.3 Å². The van der Waals surface area contributed by atoms with Gasteiger partial charge in [-0.1, -0.05) is 175 Å². The molecule has 0 saturated carbocycles. The van der Waals surface area contributed by atoms with Crippen LogP contribution in [0.2, 0.25) is 0 Å². The average Bonchev–Trinajstić information content (AvgIpc) is 3.52. The maximum absolute atomic E-state index is 9.09. The van der Waals surface area contributed by atoms with E-state index in [1.54, 1.807) is 20.3 Å². The zero-order chi connectivity index (χ0) is 54.7. The number of hydrogen-bond donors (Lipinski definition) is 0. The van der Waals surface area contributed by atoms with Gasteiger partial charge in [-0.25, -0.2) is 0 Å². The molecule has 8 heteroatoms. The molecular weight excluding hydrogens is 1110 g/mol. The Labute approximate surface area is 492 Å². The number of aryl methyl sites for hydroxylation is 8. The molecule has 2 N–H and O–H groups in total. The Hall–Kier alpha value is -5.92. The van der Waals surface area contributed by atoms with Gasteiger partial charge in [-0.2, -0.15) is 6.08 Å². The standard InChI is InChI=1S/C52H48P2.C19H23N2O2.ClH.Ru/c1-33-21-34(2)26-43(25-33)53(44-27-35(3)22-36(4)28-44)49-19-17-41-13-9-11-15-47(41)51(49)52-48-16-12-10-14-42(48)18-20-50(52)54(45-29-37(5)23-38(6)30-45)46-31-39(7)24-40(8)32-46;1-13(2)18(20)19(21,14-5-9-16(22-3)10-6-14)15-7-11-17(23-4)12-8-15;;/h9-32H,1-8H3;5-7,9-13,18,20-21H,1-4H3;1H;/q;-3;;+2/p+1. The summed E-state index contributed by atoms with van der Waals surface area (Å²) in [5.41, 5.74) is 34.3. The number of halogens is 1. The fourth-order valence-electron chi connectivity index (χ4n) is 11.4. The molecule has 0 spiro atoms. The van der Waals surface area contributed by atoms with Gasteiger partial charge in [-0.15, -0.1) is 41.7 Å². The van der Waals surface area contributed by atoms with Crippen molar-refractivity contribution in [1.82, 2.24) is 0 Å². The van der Waals surface area contributed by atoms with Crippen molar-refractivity contribution in [3.63, 3.8) is 0 Å². The van der Waals surface area contributed by atoms with Crippen LogP contribution in [0.5, 0.6) is 5.75 Å². The van der Waals surface area contributed by atoms with Crippen molar-refractivity contribution in [2.24, 2.45) is 5.92 Å². The van der Waals surface area contributed by atoms with Crippen LogP contribution in [0.1, 0.15) is 63.9 Å². The van der Waals surface area contributed by atoms with Gasteiger partial charge in [0.2, 0.25) is 0 Å². The molecule has 0 aromatic heterocycles. The summed E-state index contributed by atoms with van der Waals surface area (Å²) in [6.07, 6.45) is 6.04. The number of benzene rings is 9. The summed E-state index contributed by atoms with van der Waals surface area (Å²) in [6.45, 7) is 21.9. The SMILES string of the molecule is COc1ccc(C([NH-])(C2=C=C[C-](OC)C=C2)C([NH-])C(C)C)cc1.Cc1cc(C)cc(P(c2cc(C)cc(C)c2)c2ccc3ccccc3c2-c2c([PH+](c3cc(C)cc(C)c3)c3cc(C)cc(C)c3)ccc3ccccc23)c1.Cl.[Ru+2]. The van der Waals surface area contributed by atoms with Gasteiger partial charge >= 0.3 is 19.5 Å². The largest absolute Gasteiger partial charge is 2.00 e. The van der Waals surface area contributed by atoms with Gasteiger partial charge in [-0.05, 0) is 172 Å².